The monoisotopic (exact) mass is 219 g/mol. The molecule has 1 heterocycles. The lowest BCUT2D eigenvalue weighted by Crippen LogP contribution is -2.25. The van der Waals surface area contributed by atoms with E-state index in [9.17, 15) is 9.90 Å². The van der Waals surface area contributed by atoms with E-state index in [0.717, 1.165) is 24.2 Å². The number of hydrogen-bond acceptors (Lipinski definition) is 3. The predicted octanol–water partition coefficient (Wildman–Crippen LogP) is 1.55. The zero-order valence-electron chi connectivity index (χ0n) is 8.73. The second-order valence-corrected chi connectivity index (χ2v) is 4.66. The molecule has 1 spiro atoms. The van der Waals surface area contributed by atoms with E-state index in [2.05, 4.69) is 5.32 Å². The van der Waals surface area contributed by atoms with Gasteiger partial charge in [0.25, 0.3) is 0 Å². The number of benzene rings is 1. The fourth-order valence-electron chi connectivity index (χ4n) is 2.86. The number of fused-ring (bicyclic) bond motifs is 2. The average Bonchev–Trinajstić information content (AvgIpc) is 2.96. The summed E-state index contributed by atoms with van der Waals surface area (Å²) in [5.74, 6) is -0.802. The Morgan fingerprint density at radius 2 is 2.31 bits per heavy atom. The second-order valence-electron chi connectivity index (χ2n) is 4.66. The van der Waals surface area contributed by atoms with Crippen LogP contribution in [0.4, 0.5) is 5.69 Å². The summed E-state index contributed by atoms with van der Waals surface area (Å²) in [4.78, 5) is 11.0. The molecule has 1 aromatic rings. The largest absolute Gasteiger partial charge is 0.508 e. The van der Waals surface area contributed by atoms with Crippen LogP contribution in [0.3, 0.4) is 0 Å². The zero-order chi connectivity index (χ0) is 11.3. The first kappa shape index (κ1) is 9.51. The Morgan fingerprint density at radius 1 is 1.50 bits per heavy atom. The summed E-state index contributed by atoms with van der Waals surface area (Å²) in [6, 6.07) is 5.15. The molecule has 1 aromatic carbocycles. The minimum Gasteiger partial charge on any atom is -0.508 e. The van der Waals surface area contributed by atoms with Gasteiger partial charge in [-0.2, -0.15) is 0 Å². The molecule has 2 unspecified atom stereocenters. The maximum Gasteiger partial charge on any atom is 0.307 e. The normalized spacial score (nSPS) is 30.6. The fraction of sp³-hybridized carbons (Fsp3) is 0.417. The first-order chi connectivity index (χ1) is 7.63. The number of aliphatic carboxylic acids is 1. The Labute approximate surface area is 92.9 Å². The lowest BCUT2D eigenvalue weighted by molar-refractivity contribution is -0.139. The van der Waals surface area contributed by atoms with Gasteiger partial charge < -0.3 is 15.5 Å². The highest BCUT2D eigenvalue weighted by Gasteiger charge is 2.60. The molecule has 3 rings (SSSR count). The van der Waals surface area contributed by atoms with E-state index in [-0.39, 0.29) is 17.1 Å². The van der Waals surface area contributed by atoms with Crippen LogP contribution in [0.5, 0.6) is 5.75 Å². The Hall–Kier alpha value is -1.71. The Bertz CT molecular complexity index is 471. The van der Waals surface area contributed by atoms with Crippen molar-refractivity contribution in [3.8, 4) is 5.75 Å². The first-order valence-electron chi connectivity index (χ1n) is 5.44. The molecule has 3 N–H and O–H groups in total. The van der Waals surface area contributed by atoms with Gasteiger partial charge in [-0.25, -0.2) is 0 Å². The molecule has 0 saturated heterocycles. The van der Waals surface area contributed by atoms with Gasteiger partial charge in [-0.1, -0.05) is 0 Å². The van der Waals surface area contributed by atoms with Crippen molar-refractivity contribution in [2.75, 3.05) is 11.9 Å². The van der Waals surface area contributed by atoms with E-state index in [1.807, 2.05) is 6.07 Å². The van der Waals surface area contributed by atoms with E-state index in [0.29, 0.717) is 6.42 Å². The quantitative estimate of drug-likeness (QED) is 0.627. The number of rotatable bonds is 1. The molecule has 84 valence electrons. The fourth-order valence-corrected chi connectivity index (χ4v) is 2.86. The van der Waals surface area contributed by atoms with Crippen LogP contribution in [-0.4, -0.2) is 22.7 Å². The topological polar surface area (TPSA) is 69.6 Å². The Morgan fingerprint density at radius 3 is 3.00 bits per heavy atom. The van der Waals surface area contributed by atoms with Gasteiger partial charge in [-0.3, -0.25) is 4.79 Å². The highest BCUT2D eigenvalue weighted by molar-refractivity contribution is 5.79. The van der Waals surface area contributed by atoms with Gasteiger partial charge >= 0.3 is 5.97 Å². The third-order valence-corrected chi connectivity index (χ3v) is 3.80. The van der Waals surface area contributed by atoms with E-state index in [1.54, 1.807) is 12.1 Å². The van der Waals surface area contributed by atoms with E-state index in [1.165, 1.54) is 0 Å². The van der Waals surface area contributed by atoms with Crippen molar-refractivity contribution in [2.24, 2.45) is 5.92 Å². The number of carbonyl (C=O) groups is 1. The standard InChI is InChI=1S/C12H13NO3/c14-7-1-2-10-8(5-7)12(3-4-13-10)6-9(12)11(15)16/h1-2,5,9,13-14H,3-4,6H2,(H,15,16). The maximum absolute atomic E-state index is 11.0. The van der Waals surface area contributed by atoms with Crippen LogP contribution in [0.25, 0.3) is 0 Å². The minimum absolute atomic E-state index is 0.206. The van der Waals surface area contributed by atoms with Gasteiger partial charge in [0.15, 0.2) is 0 Å². The van der Waals surface area contributed by atoms with Crippen molar-refractivity contribution < 1.29 is 15.0 Å². The molecule has 0 aromatic heterocycles. The van der Waals surface area contributed by atoms with E-state index in [4.69, 9.17) is 5.11 Å². The number of phenolic OH excluding ortho intramolecular Hbond substituents is 1. The number of phenols is 1. The first-order valence-corrected chi connectivity index (χ1v) is 5.44. The molecule has 1 saturated carbocycles. The molecule has 1 aliphatic heterocycles. The van der Waals surface area contributed by atoms with E-state index < -0.39 is 5.97 Å². The average molecular weight is 219 g/mol. The summed E-state index contributed by atoms with van der Waals surface area (Å²) in [5, 5.41) is 21.8. The number of aromatic hydroxyl groups is 1. The number of anilines is 1. The van der Waals surface area contributed by atoms with Gasteiger partial charge in [0.2, 0.25) is 0 Å². The molecule has 16 heavy (non-hydrogen) atoms. The number of hydrogen-bond donors (Lipinski definition) is 3. The van der Waals surface area contributed by atoms with Crippen LogP contribution in [0.1, 0.15) is 18.4 Å². The van der Waals surface area contributed by atoms with Gasteiger partial charge in [0, 0.05) is 17.6 Å². The molecule has 4 nitrogen and oxygen atoms in total. The molecule has 4 heteroatoms. The predicted molar refractivity (Wildman–Crippen MR) is 58.6 cm³/mol. The molecular weight excluding hydrogens is 206 g/mol. The van der Waals surface area contributed by atoms with Crippen molar-refractivity contribution in [3.63, 3.8) is 0 Å². The summed E-state index contributed by atoms with van der Waals surface area (Å²) in [7, 11) is 0. The lowest BCUT2D eigenvalue weighted by atomic mass is 9.85. The maximum atomic E-state index is 11.0. The Kier molecular flexibility index (Phi) is 1.73. The third kappa shape index (κ3) is 1.13. The highest BCUT2D eigenvalue weighted by atomic mass is 16.4. The number of carboxylic acids is 1. The van der Waals surface area contributed by atoms with Crippen LogP contribution in [0, 0.1) is 5.92 Å². The van der Waals surface area contributed by atoms with Crippen molar-refractivity contribution in [1.82, 2.24) is 0 Å². The highest BCUT2D eigenvalue weighted by Crippen LogP contribution is 2.60. The van der Waals surface area contributed by atoms with Crippen LogP contribution in [-0.2, 0) is 10.2 Å². The molecule has 0 bridgehead atoms. The molecule has 2 aliphatic rings. The summed E-state index contributed by atoms with van der Waals surface area (Å²) >= 11 is 0. The molecule has 0 radical (unpaired) electrons. The third-order valence-electron chi connectivity index (χ3n) is 3.80. The minimum atomic E-state index is -0.726. The molecule has 1 fully saturated rings. The molecule has 1 aliphatic carbocycles. The zero-order valence-corrected chi connectivity index (χ0v) is 8.73. The summed E-state index contributed by atoms with van der Waals surface area (Å²) < 4.78 is 0. The molecular formula is C12H13NO3. The number of nitrogens with one attached hydrogen (secondary N) is 1. The summed E-state index contributed by atoms with van der Waals surface area (Å²) in [6.07, 6.45) is 1.53. The van der Waals surface area contributed by atoms with E-state index >= 15 is 0 Å². The second kappa shape index (κ2) is 2.90. The van der Waals surface area contributed by atoms with Crippen LogP contribution in [0.2, 0.25) is 0 Å². The Balaban J connectivity index is 2.07. The van der Waals surface area contributed by atoms with Gasteiger partial charge in [0.05, 0.1) is 5.92 Å². The summed E-state index contributed by atoms with van der Waals surface area (Å²) in [6.45, 7) is 0.807. The lowest BCUT2D eigenvalue weighted by Gasteiger charge is -2.27. The van der Waals surface area contributed by atoms with Crippen molar-refractivity contribution >= 4 is 11.7 Å². The number of carboxylic acid groups (broad SMARTS) is 1. The van der Waals surface area contributed by atoms with Crippen LogP contribution < -0.4 is 5.32 Å². The van der Waals surface area contributed by atoms with Gasteiger partial charge in [-0.15, -0.1) is 0 Å². The van der Waals surface area contributed by atoms with Crippen molar-refractivity contribution in [1.29, 1.82) is 0 Å². The summed E-state index contributed by atoms with van der Waals surface area (Å²) in [5.41, 5.74) is 1.70. The molecule has 2 atom stereocenters. The van der Waals surface area contributed by atoms with Crippen LogP contribution >= 0.6 is 0 Å². The van der Waals surface area contributed by atoms with Gasteiger partial charge in [-0.05, 0) is 36.6 Å². The van der Waals surface area contributed by atoms with Crippen LogP contribution in [0.15, 0.2) is 18.2 Å². The van der Waals surface area contributed by atoms with Gasteiger partial charge in [0.1, 0.15) is 5.75 Å². The van der Waals surface area contributed by atoms with Crippen molar-refractivity contribution in [3.05, 3.63) is 23.8 Å². The molecule has 0 amide bonds. The van der Waals surface area contributed by atoms with Crippen molar-refractivity contribution in [2.45, 2.75) is 18.3 Å². The SMILES string of the molecule is O=C(O)C1CC12CCNc1ccc(O)cc12. The smallest absolute Gasteiger partial charge is 0.307 e.